The zero-order valence-corrected chi connectivity index (χ0v) is 13.8. The molecule has 136 valence electrons. The molecule has 1 aromatic rings. The molecule has 2 N–H and O–H groups in total. The maximum absolute atomic E-state index is 12.1. The van der Waals surface area contributed by atoms with Crippen molar-refractivity contribution in [1.82, 2.24) is 5.32 Å². The molecular formula is C16H22F3NO4. The first-order valence-corrected chi connectivity index (χ1v) is 7.41. The maximum Gasteiger partial charge on any atom is 0.573 e. The van der Waals surface area contributed by atoms with E-state index in [4.69, 9.17) is 4.74 Å². The Kier molecular flexibility index (Phi) is 6.89. The average molecular weight is 349 g/mol. The van der Waals surface area contributed by atoms with E-state index in [1.807, 2.05) is 0 Å². The number of rotatable bonds is 6. The quantitative estimate of drug-likeness (QED) is 0.827. The van der Waals surface area contributed by atoms with Crippen LogP contribution in [0, 0.1) is 5.92 Å². The van der Waals surface area contributed by atoms with Gasteiger partial charge in [0, 0.05) is 19.1 Å². The fourth-order valence-electron chi connectivity index (χ4n) is 1.90. The van der Waals surface area contributed by atoms with Gasteiger partial charge in [0.2, 0.25) is 0 Å². The predicted octanol–water partition coefficient (Wildman–Crippen LogP) is 3.26. The third-order valence-corrected chi connectivity index (χ3v) is 2.87. The van der Waals surface area contributed by atoms with E-state index in [1.165, 1.54) is 24.3 Å². The van der Waals surface area contributed by atoms with Crippen LogP contribution in [0.5, 0.6) is 5.75 Å². The second-order valence-electron chi connectivity index (χ2n) is 6.33. The van der Waals surface area contributed by atoms with Gasteiger partial charge in [0.05, 0.1) is 0 Å². The van der Waals surface area contributed by atoms with E-state index >= 15 is 0 Å². The summed E-state index contributed by atoms with van der Waals surface area (Å²) in [7, 11) is 0. The van der Waals surface area contributed by atoms with Gasteiger partial charge >= 0.3 is 12.5 Å². The van der Waals surface area contributed by atoms with Crippen molar-refractivity contribution in [2.45, 2.75) is 39.2 Å². The van der Waals surface area contributed by atoms with Crippen molar-refractivity contribution < 1.29 is 32.5 Å². The highest BCUT2D eigenvalue weighted by Crippen LogP contribution is 2.23. The normalized spacial score (nSPS) is 13.3. The van der Waals surface area contributed by atoms with Crippen LogP contribution in [0.15, 0.2) is 24.3 Å². The van der Waals surface area contributed by atoms with Gasteiger partial charge in [0.1, 0.15) is 11.4 Å². The minimum atomic E-state index is -4.73. The number of carbonyl (C=O) groups excluding carboxylic acids is 1. The molecule has 8 heteroatoms. The van der Waals surface area contributed by atoms with Crippen molar-refractivity contribution in [2.75, 3.05) is 13.2 Å². The molecule has 1 amide bonds. The van der Waals surface area contributed by atoms with Crippen LogP contribution in [0.4, 0.5) is 18.0 Å². The number of aliphatic hydroxyl groups excluding tert-OH is 1. The number of halogens is 3. The van der Waals surface area contributed by atoms with Gasteiger partial charge in [-0.3, -0.25) is 0 Å². The number of benzene rings is 1. The first-order chi connectivity index (χ1) is 11.0. The largest absolute Gasteiger partial charge is 0.573 e. The summed E-state index contributed by atoms with van der Waals surface area (Å²) in [6.07, 6.45) is -4.93. The van der Waals surface area contributed by atoms with E-state index in [0.717, 1.165) is 5.56 Å². The number of hydrogen-bond donors (Lipinski definition) is 2. The zero-order chi connectivity index (χ0) is 18.4. The van der Waals surface area contributed by atoms with E-state index < -0.39 is 18.1 Å². The first kappa shape index (κ1) is 20.1. The Morgan fingerprint density at radius 2 is 1.79 bits per heavy atom. The minimum absolute atomic E-state index is 0.184. The van der Waals surface area contributed by atoms with Gasteiger partial charge in [-0.2, -0.15) is 0 Å². The second kappa shape index (κ2) is 8.23. The van der Waals surface area contributed by atoms with E-state index in [1.54, 1.807) is 20.8 Å². The molecule has 5 nitrogen and oxygen atoms in total. The van der Waals surface area contributed by atoms with Crippen LogP contribution >= 0.6 is 0 Å². The fourth-order valence-corrected chi connectivity index (χ4v) is 1.90. The van der Waals surface area contributed by atoms with Gasteiger partial charge in [-0.05, 0) is 44.9 Å². The number of hydrogen-bond acceptors (Lipinski definition) is 4. The van der Waals surface area contributed by atoms with Gasteiger partial charge in [-0.1, -0.05) is 12.1 Å². The molecule has 1 unspecified atom stereocenters. The predicted molar refractivity (Wildman–Crippen MR) is 81.6 cm³/mol. The Labute approximate surface area is 138 Å². The Bertz CT molecular complexity index is 524. The lowest BCUT2D eigenvalue weighted by atomic mass is 10.00. The fraction of sp³-hybridized carbons (Fsp3) is 0.562. The molecule has 0 radical (unpaired) electrons. The van der Waals surface area contributed by atoms with Crippen molar-refractivity contribution in [3.8, 4) is 5.75 Å². The maximum atomic E-state index is 12.1. The topological polar surface area (TPSA) is 67.8 Å². The molecule has 0 heterocycles. The number of alkyl halides is 3. The molecular weight excluding hydrogens is 327 g/mol. The molecule has 0 aromatic heterocycles. The molecule has 1 rings (SSSR count). The molecule has 1 aromatic carbocycles. The Hall–Kier alpha value is -1.96. The summed E-state index contributed by atoms with van der Waals surface area (Å²) in [5.74, 6) is -0.592. The molecule has 0 spiro atoms. The van der Waals surface area contributed by atoms with Gasteiger partial charge in [0.25, 0.3) is 0 Å². The summed E-state index contributed by atoms with van der Waals surface area (Å²) in [6, 6.07) is 5.38. The van der Waals surface area contributed by atoms with E-state index in [0.29, 0.717) is 6.42 Å². The molecule has 0 saturated heterocycles. The monoisotopic (exact) mass is 349 g/mol. The van der Waals surface area contributed by atoms with Crippen LogP contribution in [0.25, 0.3) is 0 Å². The Morgan fingerprint density at radius 3 is 2.25 bits per heavy atom. The van der Waals surface area contributed by atoms with Crippen LogP contribution in [-0.4, -0.2) is 36.3 Å². The van der Waals surface area contributed by atoms with E-state index in [2.05, 4.69) is 10.1 Å². The van der Waals surface area contributed by atoms with Crippen molar-refractivity contribution in [3.63, 3.8) is 0 Å². The van der Waals surface area contributed by atoms with Crippen LogP contribution < -0.4 is 10.1 Å². The molecule has 0 aliphatic carbocycles. The lowest BCUT2D eigenvalue weighted by Gasteiger charge is -2.21. The van der Waals surface area contributed by atoms with Crippen molar-refractivity contribution in [1.29, 1.82) is 0 Å². The summed E-state index contributed by atoms with van der Waals surface area (Å²) in [6.45, 7) is 5.21. The standard InChI is InChI=1S/C16H22F3NO4/c1-15(2,3)24-14(22)20-9-12(10-21)8-11-4-6-13(7-5-11)23-16(17,18)19/h4-7,12,21H,8-10H2,1-3H3,(H,20,22). The van der Waals surface area contributed by atoms with Gasteiger partial charge in [0.15, 0.2) is 0 Å². The SMILES string of the molecule is CC(C)(C)OC(=O)NCC(CO)Cc1ccc(OC(F)(F)F)cc1. The van der Waals surface area contributed by atoms with Crippen LogP contribution in [0.3, 0.4) is 0 Å². The molecule has 0 aliphatic heterocycles. The highest BCUT2D eigenvalue weighted by atomic mass is 19.4. The van der Waals surface area contributed by atoms with Crippen LogP contribution in [-0.2, 0) is 11.2 Å². The van der Waals surface area contributed by atoms with Crippen molar-refractivity contribution >= 4 is 6.09 Å². The number of carbonyl (C=O) groups is 1. The lowest BCUT2D eigenvalue weighted by Crippen LogP contribution is -2.36. The average Bonchev–Trinajstić information content (AvgIpc) is 2.41. The van der Waals surface area contributed by atoms with Crippen molar-refractivity contribution in [3.05, 3.63) is 29.8 Å². The lowest BCUT2D eigenvalue weighted by molar-refractivity contribution is -0.274. The van der Waals surface area contributed by atoms with Crippen LogP contribution in [0.2, 0.25) is 0 Å². The highest BCUT2D eigenvalue weighted by molar-refractivity contribution is 5.67. The Morgan fingerprint density at radius 1 is 1.21 bits per heavy atom. The van der Waals surface area contributed by atoms with Crippen LogP contribution in [0.1, 0.15) is 26.3 Å². The minimum Gasteiger partial charge on any atom is -0.444 e. The number of ether oxygens (including phenoxy) is 2. The summed E-state index contributed by atoms with van der Waals surface area (Å²) >= 11 is 0. The number of aliphatic hydroxyl groups is 1. The van der Waals surface area contributed by atoms with Gasteiger partial charge in [-0.15, -0.1) is 13.2 Å². The number of amides is 1. The molecule has 0 saturated carbocycles. The van der Waals surface area contributed by atoms with Gasteiger partial charge in [-0.25, -0.2) is 4.79 Å². The molecule has 0 bridgehead atoms. The molecule has 0 fully saturated rings. The number of alkyl carbamates (subject to hydrolysis) is 1. The summed E-state index contributed by atoms with van der Waals surface area (Å²) < 4.78 is 45.2. The van der Waals surface area contributed by atoms with Gasteiger partial charge < -0.3 is 19.9 Å². The highest BCUT2D eigenvalue weighted by Gasteiger charge is 2.31. The first-order valence-electron chi connectivity index (χ1n) is 7.41. The third kappa shape index (κ3) is 8.61. The molecule has 0 aliphatic rings. The van der Waals surface area contributed by atoms with E-state index in [9.17, 15) is 23.1 Å². The second-order valence-corrected chi connectivity index (χ2v) is 6.33. The number of nitrogens with one attached hydrogen (secondary N) is 1. The summed E-state index contributed by atoms with van der Waals surface area (Å²) in [5.41, 5.74) is 0.0992. The summed E-state index contributed by atoms with van der Waals surface area (Å²) in [5, 5.41) is 11.9. The molecule has 24 heavy (non-hydrogen) atoms. The molecule has 1 atom stereocenters. The third-order valence-electron chi connectivity index (χ3n) is 2.87. The smallest absolute Gasteiger partial charge is 0.444 e. The zero-order valence-electron chi connectivity index (χ0n) is 13.8. The van der Waals surface area contributed by atoms with E-state index in [-0.39, 0.29) is 24.8 Å². The summed E-state index contributed by atoms with van der Waals surface area (Å²) in [4.78, 5) is 11.6. The Balaban J connectivity index is 2.52. The van der Waals surface area contributed by atoms with Crippen molar-refractivity contribution in [2.24, 2.45) is 5.92 Å².